The van der Waals surface area contributed by atoms with Gasteiger partial charge in [-0.2, -0.15) is 0 Å². The third kappa shape index (κ3) is 4.47. The molecule has 0 spiro atoms. The zero-order valence-electron chi connectivity index (χ0n) is 18.9. The Hall–Kier alpha value is -4.21. The van der Waals surface area contributed by atoms with Crippen molar-refractivity contribution in [3.05, 3.63) is 65.4 Å². The Kier molecular flexibility index (Phi) is 6.06. The van der Waals surface area contributed by atoms with Gasteiger partial charge in [0.2, 0.25) is 11.5 Å². The summed E-state index contributed by atoms with van der Waals surface area (Å²) in [7, 11) is 0. The van der Waals surface area contributed by atoms with Gasteiger partial charge < -0.3 is 15.2 Å². The monoisotopic (exact) mass is 464 g/mol. The third-order valence-electron chi connectivity index (χ3n) is 5.66. The molecule has 0 bridgehead atoms. The quantitative estimate of drug-likeness (QED) is 0.501. The molecule has 0 saturated carbocycles. The van der Waals surface area contributed by atoms with E-state index in [1.54, 1.807) is 20.8 Å². The molecule has 3 N–H and O–H groups in total. The first-order valence-electron chi connectivity index (χ1n) is 10.6. The van der Waals surface area contributed by atoms with Crippen LogP contribution in [0.2, 0.25) is 0 Å². The minimum Gasteiger partial charge on any atom is -0.480 e. The van der Waals surface area contributed by atoms with Crippen LogP contribution in [0.25, 0.3) is 11.1 Å². The van der Waals surface area contributed by atoms with E-state index in [0.717, 1.165) is 22.3 Å². The lowest BCUT2D eigenvalue weighted by molar-refractivity contribution is -0.142. The van der Waals surface area contributed by atoms with E-state index in [1.807, 2.05) is 48.5 Å². The SMILES string of the molecule is CC(C)(C)[C@@H](NC(=O)c1nonc1NC(=O)OCC1c2ccccc2-c2ccccc21)C(=O)O. The lowest BCUT2D eigenvalue weighted by Gasteiger charge is -2.27. The number of amides is 2. The molecule has 1 atom stereocenters. The summed E-state index contributed by atoms with van der Waals surface area (Å²) in [6.45, 7) is 5.08. The third-order valence-corrected chi connectivity index (χ3v) is 5.66. The summed E-state index contributed by atoms with van der Waals surface area (Å²) in [6.07, 6.45) is -0.850. The number of aromatic nitrogens is 2. The van der Waals surface area contributed by atoms with Crippen molar-refractivity contribution < 1.29 is 28.9 Å². The first-order valence-corrected chi connectivity index (χ1v) is 10.6. The van der Waals surface area contributed by atoms with Crippen LogP contribution in [0.5, 0.6) is 0 Å². The number of hydrogen-bond donors (Lipinski definition) is 3. The number of carboxylic acid groups (broad SMARTS) is 1. The molecule has 0 fully saturated rings. The Labute approximate surface area is 195 Å². The van der Waals surface area contributed by atoms with Gasteiger partial charge in [-0.3, -0.25) is 10.1 Å². The number of carbonyl (C=O) groups excluding carboxylic acids is 2. The van der Waals surface area contributed by atoms with Gasteiger partial charge in [0, 0.05) is 5.92 Å². The predicted octanol–water partition coefficient (Wildman–Crippen LogP) is 3.66. The Bertz CT molecular complexity index is 1200. The fourth-order valence-electron chi connectivity index (χ4n) is 4.00. The van der Waals surface area contributed by atoms with E-state index in [-0.39, 0.29) is 24.0 Å². The molecule has 0 unspecified atom stereocenters. The van der Waals surface area contributed by atoms with Crippen LogP contribution in [0.1, 0.15) is 48.3 Å². The normalized spacial score (nSPS) is 13.5. The Morgan fingerprint density at radius 2 is 1.62 bits per heavy atom. The molecule has 10 heteroatoms. The van der Waals surface area contributed by atoms with E-state index < -0.39 is 29.4 Å². The summed E-state index contributed by atoms with van der Waals surface area (Å²) in [5.74, 6) is -2.46. The minimum atomic E-state index is -1.21. The van der Waals surface area contributed by atoms with Gasteiger partial charge in [0.1, 0.15) is 12.6 Å². The lowest BCUT2D eigenvalue weighted by atomic mass is 9.86. The van der Waals surface area contributed by atoms with Crippen LogP contribution in [-0.4, -0.2) is 46.0 Å². The number of hydrogen-bond acceptors (Lipinski definition) is 7. The van der Waals surface area contributed by atoms with Gasteiger partial charge in [0.15, 0.2) is 0 Å². The second-order valence-electron chi connectivity index (χ2n) is 9.02. The molecule has 34 heavy (non-hydrogen) atoms. The average Bonchev–Trinajstić information content (AvgIpc) is 3.37. The van der Waals surface area contributed by atoms with Gasteiger partial charge >= 0.3 is 12.1 Å². The Morgan fingerprint density at radius 3 is 2.18 bits per heavy atom. The first kappa shape index (κ1) is 23.0. The van der Waals surface area contributed by atoms with Crippen LogP contribution >= 0.6 is 0 Å². The summed E-state index contributed by atoms with van der Waals surface area (Å²) < 4.78 is 10.0. The number of ether oxygens (including phenoxy) is 1. The van der Waals surface area contributed by atoms with Crippen molar-refractivity contribution in [3.63, 3.8) is 0 Å². The van der Waals surface area contributed by atoms with Gasteiger partial charge in [0.25, 0.3) is 5.91 Å². The molecule has 1 aromatic heterocycles. The number of fused-ring (bicyclic) bond motifs is 3. The van der Waals surface area contributed by atoms with E-state index in [0.29, 0.717) is 0 Å². The van der Waals surface area contributed by atoms with Crippen LogP contribution < -0.4 is 10.6 Å². The molecule has 1 aliphatic rings. The molecule has 176 valence electrons. The predicted molar refractivity (Wildman–Crippen MR) is 121 cm³/mol. The molecule has 3 aromatic rings. The minimum absolute atomic E-state index is 0.0672. The summed E-state index contributed by atoms with van der Waals surface area (Å²) in [6, 6.07) is 14.7. The van der Waals surface area contributed by atoms with Crippen molar-refractivity contribution >= 4 is 23.8 Å². The fourth-order valence-corrected chi connectivity index (χ4v) is 4.00. The number of nitrogens with zero attached hydrogens (tertiary/aromatic N) is 2. The lowest BCUT2D eigenvalue weighted by Crippen LogP contribution is -2.49. The molecule has 0 saturated heterocycles. The number of carbonyl (C=O) groups is 3. The molecule has 2 amide bonds. The number of rotatable bonds is 6. The summed E-state index contributed by atoms with van der Waals surface area (Å²) in [5.41, 5.74) is 3.18. The molecule has 0 radical (unpaired) electrons. The van der Waals surface area contributed by atoms with Crippen molar-refractivity contribution in [1.82, 2.24) is 15.6 Å². The van der Waals surface area contributed by atoms with Crippen molar-refractivity contribution in [2.45, 2.75) is 32.7 Å². The van der Waals surface area contributed by atoms with E-state index in [9.17, 15) is 19.5 Å². The van der Waals surface area contributed by atoms with E-state index >= 15 is 0 Å². The maximum Gasteiger partial charge on any atom is 0.412 e. The maximum atomic E-state index is 12.6. The molecular weight excluding hydrogens is 440 g/mol. The second-order valence-corrected chi connectivity index (χ2v) is 9.02. The molecule has 2 aromatic carbocycles. The maximum absolute atomic E-state index is 12.6. The van der Waals surface area contributed by atoms with Crippen LogP contribution in [0, 0.1) is 5.41 Å². The number of aliphatic carboxylic acids is 1. The van der Waals surface area contributed by atoms with E-state index in [2.05, 4.69) is 25.6 Å². The van der Waals surface area contributed by atoms with Crippen LogP contribution in [-0.2, 0) is 9.53 Å². The summed E-state index contributed by atoms with van der Waals surface area (Å²) >= 11 is 0. The highest BCUT2D eigenvalue weighted by atomic mass is 16.6. The van der Waals surface area contributed by atoms with Gasteiger partial charge in [-0.15, -0.1) is 0 Å². The van der Waals surface area contributed by atoms with Gasteiger partial charge in [0.05, 0.1) is 0 Å². The highest BCUT2D eigenvalue weighted by Gasteiger charge is 2.35. The second kappa shape index (κ2) is 8.97. The summed E-state index contributed by atoms with van der Waals surface area (Å²) in [4.78, 5) is 36.6. The molecular formula is C24H24N4O6. The van der Waals surface area contributed by atoms with Crippen molar-refractivity contribution in [1.29, 1.82) is 0 Å². The highest BCUT2D eigenvalue weighted by Crippen LogP contribution is 2.44. The first-order chi connectivity index (χ1) is 16.2. The van der Waals surface area contributed by atoms with Crippen molar-refractivity contribution in [2.24, 2.45) is 5.41 Å². The van der Waals surface area contributed by atoms with Gasteiger partial charge in [-0.05, 0) is 38.0 Å². The van der Waals surface area contributed by atoms with Gasteiger partial charge in [-0.25, -0.2) is 14.2 Å². The largest absolute Gasteiger partial charge is 0.480 e. The number of nitrogens with one attached hydrogen (secondary N) is 2. The zero-order chi connectivity index (χ0) is 24.5. The van der Waals surface area contributed by atoms with E-state index in [4.69, 9.17) is 4.74 Å². The highest BCUT2D eigenvalue weighted by molar-refractivity contribution is 6.01. The smallest absolute Gasteiger partial charge is 0.412 e. The fraction of sp³-hybridized carbons (Fsp3) is 0.292. The molecule has 10 nitrogen and oxygen atoms in total. The number of anilines is 1. The molecule has 1 heterocycles. The molecule has 0 aliphatic heterocycles. The van der Waals surface area contributed by atoms with Crippen LogP contribution in [0.15, 0.2) is 53.2 Å². The Balaban J connectivity index is 1.43. The van der Waals surface area contributed by atoms with Crippen molar-refractivity contribution in [2.75, 3.05) is 11.9 Å². The standard InChI is InChI=1S/C24H24N4O6/c1-24(2,3)19(22(30)31)25-21(29)18-20(28-34-27-18)26-23(32)33-12-17-15-10-6-4-8-13(15)14-9-5-7-11-16(14)17/h4-11,17,19H,12H2,1-3H3,(H,25,29)(H,30,31)(H,26,28,32)/t19-/m0/s1. The summed E-state index contributed by atoms with van der Waals surface area (Å²) in [5, 5.41) is 21.2. The zero-order valence-corrected chi connectivity index (χ0v) is 18.9. The number of carboxylic acids is 1. The topological polar surface area (TPSA) is 144 Å². The average molecular weight is 464 g/mol. The van der Waals surface area contributed by atoms with Crippen molar-refractivity contribution in [3.8, 4) is 11.1 Å². The molecule has 1 aliphatic carbocycles. The van der Waals surface area contributed by atoms with Gasteiger partial charge in [-0.1, -0.05) is 69.3 Å². The number of benzene rings is 2. The molecule has 4 rings (SSSR count). The van der Waals surface area contributed by atoms with Crippen LogP contribution in [0.4, 0.5) is 10.6 Å². The van der Waals surface area contributed by atoms with E-state index in [1.165, 1.54) is 0 Å². The van der Waals surface area contributed by atoms with Crippen LogP contribution in [0.3, 0.4) is 0 Å². The Morgan fingerprint density at radius 1 is 1.03 bits per heavy atom.